The highest BCUT2D eigenvalue weighted by Crippen LogP contribution is 2.18. The summed E-state index contributed by atoms with van der Waals surface area (Å²) in [6.07, 6.45) is 1.00. The van der Waals surface area contributed by atoms with Crippen molar-refractivity contribution in [2.75, 3.05) is 13.7 Å². The molecule has 0 N–H and O–H groups in total. The molecule has 4 nitrogen and oxygen atoms in total. The van der Waals surface area contributed by atoms with E-state index in [-0.39, 0.29) is 11.7 Å². The van der Waals surface area contributed by atoms with E-state index in [4.69, 9.17) is 14.5 Å². The van der Waals surface area contributed by atoms with Gasteiger partial charge in [-0.05, 0) is 13.8 Å². The maximum Gasteiger partial charge on any atom is 0.416 e. The zero-order chi connectivity index (χ0) is 8.32. The van der Waals surface area contributed by atoms with Crippen LogP contribution < -0.4 is 0 Å². The molecule has 0 aromatic heterocycles. The quantitative estimate of drug-likeness (QED) is 0.497. The van der Waals surface area contributed by atoms with E-state index in [1.165, 1.54) is 0 Å². The fourth-order valence-corrected chi connectivity index (χ4v) is 0.700. The molecule has 0 spiro atoms. The minimum atomic E-state index is -0.285. The lowest BCUT2D eigenvalue weighted by Gasteiger charge is -2.17. The van der Waals surface area contributed by atoms with Crippen LogP contribution in [-0.4, -0.2) is 25.3 Å². The number of nitrogens with zero attached hydrogens (tertiary/aromatic N) is 1. The van der Waals surface area contributed by atoms with E-state index in [0.717, 1.165) is 6.42 Å². The summed E-state index contributed by atoms with van der Waals surface area (Å²) in [7, 11) is 1.59. The van der Waals surface area contributed by atoms with Crippen molar-refractivity contribution in [2.45, 2.75) is 25.9 Å². The number of hydrogen-bond donors (Lipinski definition) is 0. The first-order chi connectivity index (χ1) is 5.14. The Bertz CT molecular complexity index is 165. The molecule has 4 heteroatoms. The second kappa shape index (κ2) is 3.09. The van der Waals surface area contributed by atoms with Gasteiger partial charge in [-0.2, -0.15) is 4.89 Å². The van der Waals surface area contributed by atoms with Gasteiger partial charge in [0.2, 0.25) is 0 Å². The van der Waals surface area contributed by atoms with Crippen molar-refractivity contribution in [3.05, 3.63) is 0 Å². The summed E-state index contributed by atoms with van der Waals surface area (Å²) in [6, 6.07) is 0. The van der Waals surface area contributed by atoms with Crippen molar-refractivity contribution >= 4 is 6.08 Å². The summed E-state index contributed by atoms with van der Waals surface area (Å²) in [6.45, 7) is 4.46. The van der Waals surface area contributed by atoms with Gasteiger partial charge in [-0.1, -0.05) is 0 Å². The molecule has 0 aliphatic carbocycles. The van der Waals surface area contributed by atoms with Gasteiger partial charge in [0.25, 0.3) is 0 Å². The average molecular weight is 159 g/mol. The lowest BCUT2D eigenvalue weighted by Crippen LogP contribution is -2.23. The summed E-state index contributed by atoms with van der Waals surface area (Å²) in [5.74, 6) is 0. The molecule has 0 amide bonds. The summed E-state index contributed by atoms with van der Waals surface area (Å²) in [5, 5.41) is 0. The molecule has 1 aliphatic rings. The van der Waals surface area contributed by atoms with Crippen LogP contribution in [0.5, 0.6) is 0 Å². The monoisotopic (exact) mass is 159 g/mol. The first-order valence-corrected chi connectivity index (χ1v) is 3.59. The summed E-state index contributed by atoms with van der Waals surface area (Å²) in [5.41, 5.74) is -0.285. The molecule has 0 bridgehead atoms. The van der Waals surface area contributed by atoms with E-state index < -0.39 is 0 Å². The van der Waals surface area contributed by atoms with Crippen LogP contribution in [0.1, 0.15) is 20.3 Å². The van der Waals surface area contributed by atoms with Gasteiger partial charge in [0.15, 0.2) is 0 Å². The van der Waals surface area contributed by atoms with Gasteiger partial charge in [-0.3, -0.25) is 4.89 Å². The van der Waals surface area contributed by atoms with Gasteiger partial charge >= 0.3 is 6.08 Å². The van der Waals surface area contributed by atoms with Crippen molar-refractivity contribution in [1.29, 1.82) is 0 Å². The molecule has 0 unspecified atom stereocenters. The Morgan fingerprint density at radius 1 is 1.45 bits per heavy atom. The van der Waals surface area contributed by atoms with Crippen molar-refractivity contribution < 1.29 is 14.5 Å². The topological polar surface area (TPSA) is 40.0 Å². The molecule has 0 aromatic rings. The molecule has 11 heavy (non-hydrogen) atoms. The SMILES string of the molecule is CN=C1OCCC(C)(C)OO1. The number of ether oxygens (including phenoxy) is 1. The first kappa shape index (κ1) is 8.33. The zero-order valence-corrected chi connectivity index (χ0v) is 7.09. The molecular formula is C7H13NO3. The maximum absolute atomic E-state index is 5.09. The summed E-state index contributed by atoms with van der Waals surface area (Å²) < 4.78 is 5.09. The van der Waals surface area contributed by atoms with Crippen LogP contribution in [0.15, 0.2) is 4.99 Å². The molecule has 1 saturated heterocycles. The Balaban J connectivity index is 2.53. The van der Waals surface area contributed by atoms with Gasteiger partial charge in [0.05, 0.1) is 6.61 Å². The normalized spacial score (nSPS) is 27.0. The molecule has 1 rings (SSSR count). The van der Waals surface area contributed by atoms with E-state index in [9.17, 15) is 0 Å². The van der Waals surface area contributed by atoms with Crippen molar-refractivity contribution in [3.8, 4) is 0 Å². The van der Waals surface area contributed by atoms with Crippen molar-refractivity contribution in [3.63, 3.8) is 0 Å². The van der Waals surface area contributed by atoms with Crippen LogP contribution in [0, 0.1) is 0 Å². The second-order valence-corrected chi connectivity index (χ2v) is 3.01. The van der Waals surface area contributed by atoms with Crippen molar-refractivity contribution in [1.82, 2.24) is 0 Å². The number of rotatable bonds is 0. The third-order valence-electron chi connectivity index (χ3n) is 1.45. The number of hydrogen-bond acceptors (Lipinski definition) is 4. The minimum absolute atomic E-state index is 0.204. The molecule has 0 aromatic carbocycles. The van der Waals surface area contributed by atoms with Crippen LogP contribution in [0.25, 0.3) is 0 Å². The fraction of sp³-hybridized carbons (Fsp3) is 0.857. The largest absolute Gasteiger partial charge is 0.449 e. The van der Waals surface area contributed by atoms with Crippen LogP contribution in [0.3, 0.4) is 0 Å². The highest BCUT2D eigenvalue weighted by Gasteiger charge is 2.25. The Labute approximate surface area is 66.1 Å². The molecule has 0 saturated carbocycles. The van der Waals surface area contributed by atoms with Crippen LogP contribution in [0.4, 0.5) is 0 Å². The highest BCUT2D eigenvalue weighted by molar-refractivity contribution is 5.65. The lowest BCUT2D eigenvalue weighted by molar-refractivity contribution is -0.295. The van der Waals surface area contributed by atoms with Gasteiger partial charge in [-0.15, -0.1) is 0 Å². The second-order valence-electron chi connectivity index (χ2n) is 3.01. The Kier molecular flexibility index (Phi) is 2.34. The smallest absolute Gasteiger partial charge is 0.416 e. The van der Waals surface area contributed by atoms with Gasteiger partial charge in [0, 0.05) is 13.5 Å². The minimum Gasteiger partial charge on any atom is -0.449 e. The zero-order valence-electron chi connectivity index (χ0n) is 7.09. The third kappa shape index (κ3) is 2.38. The van der Waals surface area contributed by atoms with E-state index in [0.29, 0.717) is 6.61 Å². The molecule has 1 heterocycles. The van der Waals surface area contributed by atoms with E-state index in [2.05, 4.69) is 4.99 Å². The van der Waals surface area contributed by atoms with Crippen LogP contribution in [-0.2, 0) is 14.5 Å². The van der Waals surface area contributed by atoms with Crippen LogP contribution in [0.2, 0.25) is 0 Å². The first-order valence-electron chi connectivity index (χ1n) is 3.59. The van der Waals surface area contributed by atoms with Gasteiger partial charge in [-0.25, -0.2) is 4.99 Å². The Morgan fingerprint density at radius 3 is 2.82 bits per heavy atom. The predicted molar refractivity (Wildman–Crippen MR) is 40.2 cm³/mol. The van der Waals surface area contributed by atoms with Crippen LogP contribution >= 0.6 is 0 Å². The van der Waals surface area contributed by atoms with E-state index in [1.54, 1.807) is 7.05 Å². The van der Waals surface area contributed by atoms with Gasteiger partial charge in [0.1, 0.15) is 5.60 Å². The Morgan fingerprint density at radius 2 is 2.18 bits per heavy atom. The van der Waals surface area contributed by atoms with Crippen molar-refractivity contribution in [2.24, 2.45) is 4.99 Å². The Hall–Kier alpha value is -0.770. The molecule has 0 atom stereocenters. The summed E-state index contributed by atoms with van der Waals surface area (Å²) >= 11 is 0. The molecule has 0 radical (unpaired) electrons. The lowest BCUT2D eigenvalue weighted by atomic mass is 10.1. The third-order valence-corrected chi connectivity index (χ3v) is 1.45. The fourth-order valence-electron chi connectivity index (χ4n) is 0.700. The average Bonchev–Trinajstić information content (AvgIpc) is 2.10. The predicted octanol–water partition coefficient (Wildman–Crippen LogP) is 1.12. The number of aliphatic imine (C=N–C) groups is 1. The van der Waals surface area contributed by atoms with E-state index >= 15 is 0 Å². The maximum atomic E-state index is 5.09. The molecule has 64 valence electrons. The van der Waals surface area contributed by atoms with Gasteiger partial charge < -0.3 is 4.74 Å². The molecule has 1 aliphatic heterocycles. The molecular weight excluding hydrogens is 146 g/mol. The molecule has 1 fully saturated rings. The highest BCUT2D eigenvalue weighted by atomic mass is 17.2. The van der Waals surface area contributed by atoms with E-state index in [1.807, 2.05) is 13.8 Å². The standard InChI is InChI=1S/C7H13NO3/c1-7(2)4-5-9-6(8-3)10-11-7/h4-5H2,1-3H3. The summed E-state index contributed by atoms with van der Waals surface area (Å²) in [4.78, 5) is 13.6.